The molecule has 0 unspecified atom stereocenters. The molecule has 1 fully saturated rings. The molecule has 1 rings (SSSR count). The van der Waals surface area contributed by atoms with E-state index >= 15 is 0 Å². The molecule has 1 heterocycles. The summed E-state index contributed by atoms with van der Waals surface area (Å²) >= 11 is 0. The van der Waals surface area contributed by atoms with Crippen LogP contribution in [0.1, 0.15) is 20.3 Å². The van der Waals surface area contributed by atoms with Gasteiger partial charge in [-0.25, -0.2) is 5.06 Å². The van der Waals surface area contributed by atoms with Gasteiger partial charge >= 0.3 is 0 Å². The van der Waals surface area contributed by atoms with Crippen LogP contribution in [0.2, 0.25) is 0 Å². The molecule has 0 aromatic heterocycles. The molecular formula is C6H12N2O. The van der Waals surface area contributed by atoms with Gasteiger partial charge in [0.1, 0.15) is 5.84 Å². The number of hydrogen-bond donors (Lipinski definition) is 2. The van der Waals surface area contributed by atoms with E-state index in [1.165, 1.54) is 0 Å². The van der Waals surface area contributed by atoms with Crippen molar-refractivity contribution in [1.82, 2.24) is 5.06 Å². The Labute approximate surface area is 54.8 Å². The average molecular weight is 128 g/mol. The largest absolute Gasteiger partial charge is 0.287 e. The Hall–Kier alpha value is -0.570. The van der Waals surface area contributed by atoms with Gasteiger partial charge in [0.05, 0.1) is 6.54 Å². The van der Waals surface area contributed by atoms with Crippen LogP contribution in [0.3, 0.4) is 0 Å². The quantitative estimate of drug-likeness (QED) is 0.513. The van der Waals surface area contributed by atoms with E-state index in [9.17, 15) is 0 Å². The van der Waals surface area contributed by atoms with Crippen LogP contribution in [0, 0.1) is 10.8 Å². The molecule has 1 aliphatic heterocycles. The van der Waals surface area contributed by atoms with Crippen LogP contribution in [0.4, 0.5) is 0 Å². The Morgan fingerprint density at radius 1 is 1.67 bits per heavy atom. The monoisotopic (exact) mass is 128 g/mol. The average Bonchev–Trinajstić information content (AvgIpc) is 1.79. The smallest absolute Gasteiger partial charge is 0.121 e. The summed E-state index contributed by atoms with van der Waals surface area (Å²) < 4.78 is 0. The highest BCUT2D eigenvalue weighted by molar-refractivity contribution is 5.80. The minimum absolute atomic E-state index is 0.0891. The Bertz CT molecular complexity index is 142. The molecule has 0 aromatic carbocycles. The summed E-state index contributed by atoms with van der Waals surface area (Å²) in [7, 11) is 0. The van der Waals surface area contributed by atoms with Gasteiger partial charge < -0.3 is 0 Å². The number of hydroxylamine groups is 2. The number of rotatable bonds is 0. The van der Waals surface area contributed by atoms with Crippen LogP contribution in [0.25, 0.3) is 0 Å². The molecule has 3 heteroatoms. The lowest BCUT2D eigenvalue weighted by Crippen LogP contribution is -2.21. The Kier molecular flexibility index (Phi) is 1.24. The first-order valence-electron chi connectivity index (χ1n) is 3.05. The van der Waals surface area contributed by atoms with Crippen LogP contribution >= 0.6 is 0 Å². The lowest BCUT2D eigenvalue weighted by molar-refractivity contribution is -0.0194. The van der Waals surface area contributed by atoms with Crippen molar-refractivity contribution in [3.63, 3.8) is 0 Å². The molecule has 1 saturated heterocycles. The summed E-state index contributed by atoms with van der Waals surface area (Å²) in [6, 6.07) is 0. The lowest BCUT2D eigenvalue weighted by Gasteiger charge is -2.13. The summed E-state index contributed by atoms with van der Waals surface area (Å²) in [5.41, 5.74) is 0.0891. The molecule has 0 saturated carbocycles. The van der Waals surface area contributed by atoms with Crippen molar-refractivity contribution in [2.45, 2.75) is 20.3 Å². The van der Waals surface area contributed by atoms with Crippen molar-refractivity contribution in [1.29, 1.82) is 5.41 Å². The van der Waals surface area contributed by atoms with E-state index in [4.69, 9.17) is 10.6 Å². The third kappa shape index (κ3) is 1.21. The maximum atomic E-state index is 8.94. The predicted octanol–water partition coefficient (Wildman–Crippen LogP) is 1.08. The highest BCUT2D eigenvalue weighted by Gasteiger charge is 2.32. The van der Waals surface area contributed by atoms with Crippen LogP contribution in [0.5, 0.6) is 0 Å². The highest BCUT2D eigenvalue weighted by atomic mass is 16.5. The van der Waals surface area contributed by atoms with Crippen LogP contribution in [-0.4, -0.2) is 22.7 Å². The molecule has 0 spiro atoms. The lowest BCUT2D eigenvalue weighted by atomic mass is 9.93. The van der Waals surface area contributed by atoms with Crippen molar-refractivity contribution in [2.24, 2.45) is 5.41 Å². The molecule has 0 amide bonds. The molecule has 0 aliphatic carbocycles. The van der Waals surface area contributed by atoms with Crippen molar-refractivity contribution in [3.05, 3.63) is 0 Å². The minimum atomic E-state index is 0.0891. The van der Waals surface area contributed by atoms with Gasteiger partial charge in [-0.15, -0.1) is 0 Å². The zero-order valence-electron chi connectivity index (χ0n) is 5.81. The van der Waals surface area contributed by atoms with Crippen LogP contribution in [-0.2, 0) is 0 Å². The van der Waals surface area contributed by atoms with Crippen LogP contribution in [0.15, 0.2) is 0 Å². The standard InChI is InChI=1S/C6H12N2O/c1-6(2)3-5(7)8(9)4-6/h7,9H,3-4H2,1-2H3. The maximum Gasteiger partial charge on any atom is 0.121 e. The first kappa shape index (κ1) is 6.55. The van der Waals surface area contributed by atoms with Gasteiger partial charge in [-0.3, -0.25) is 10.6 Å². The Morgan fingerprint density at radius 2 is 2.22 bits per heavy atom. The van der Waals surface area contributed by atoms with E-state index in [0.717, 1.165) is 5.06 Å². The maximum absolute atomic E-state index is 8.94. The summed E-state index contributed by atoms with van der Waals surface area (Å²) in [6.45, 7) is 4.67. The summed E-state index contributed by atoms with van der Waals surface area (Å²) in [5, 5.41) is 17.1. The van der Waals surface area contributed by atoms with Gasteiger partial charge in [-0.05, 0) is 5.41 Å². The predicted molar refractivity (Wildman–Crippen MR) is 34.6 cm³/mol. The molecule has 0 atom stereocenters. The topological polar surface area (TPSA) is 47.3 Å². The van der Waals surface area contributed by atoms with E-state index in [0.29, 0.717) is 18.8 Å². The fraction of sp³-hybridized carbons (Fsp3) is 0.833. The van der Waals surface area contributed by atoms with Gasteiger partial charge in [-0.1, -0.05) is 13.8 Å². The second-order valence-electron chi connectivity index (χ2n) is 3.35. The van der Waals surface area contributed by atoms with Gasteiger partial charge in [0.2, 0.25) is 0 Å². The molecule has 52 valence electrons. The highest BCUT2D eigenvalue weighted by Crippen LogP contribution is 2.28. The SMILES string of the molecule is CC1(C)CC(=N)N(O)C1. The first-order chi connectivity index (χ1) is 4.01. The third-order valence-corrected chi connectivity index (χ3v) is 1.54. The number of hydrogen-bond acceptors (Lipinski definition) is 2. The number of amidine groups is 1. The molecule has 0 radical (unpaired) electrons. The Balaban J connectivity index is 2.65. The zero-order chi connectivity index (χ0) is 7.07. The molecule has 2 N–H and O–H groups in total. The second-order valence-corrected chi connectivity index (χ2v) is 3.35. The second kappa shape index (κ2) is 1.70. The van der Waals surface area contributed by atoms with Crippen molar-refractivity contribution in [3.8, 4) is 0 Å². The summed E-state index contributed by atoms with van der Waals surface area (Å²) in [6.07, 6.45) is 0.684. The van der Waals surface area contributed by atoms with Crippen molar-refractivity contribution < 1.29 is 5.21 Å². The fourth-order valence-corrected chi connectivity index (χ4v) is 1.10. The van der Waals surface area contributed by atoms with Gasteiger partial charge in [-0.2, -0.15) is 0 Å². The molecule has 0 bridgehead atoms. The first-order valence-corrected chi connectivity index (χ1v) is 3.05. The molecular weight excluding hydrogens is 116 g/mol. The van der Waals surface area contributed by atoms with Gasteiger partial charge in [0, 0.05) is 6.42 Å². The van der Waals surface area contributed by atoms with Gasteiger partial charge in [0.25, 0.3) is 0 Å². The molecule has 3 nitrogen and oxygen atoms in total. The number of nitrogens with one attached hydrogen (secondary N) is 1. The normalized spacial score (nSPS) is 25.2. The molecule has 1 aliphatic rings. The minimum Gasteiger partial charge on any atom is -0.287 e. The van der Waals surface area contributed by atoms with Crippen molar-refractivity contribution in [2.75, 3.05) is 6.54 Å². The van der Waals surface area contributed by atoms with Gasteiger partial charge in [0.15, 0.2) is 0 Å². The summed E-state index contributed by atoms with van der Waals surface area (Å²) in [5.74, 6) is 0.333. The zero-order valence-corrected chi connectivity index (χ0v) is 5.81. The van der Waals surface area contributed by atoms with E-state index in [1.54, 1.807) is 0 Å². The van der Waals surface area contributed by atoms with E-state index in [-0.39, 0.29) is 5.41 Å². The number of nitrogens with zero attached hydrogens (tertiary/aromatic N) is 1. The van der Waals surface area contributed by atoms with Crippen LogP contribution < -0.4 is 0 Å². The summed E-state index contributed by atoms with van der Waals surface area (Å²) in [4.78, 5) is 0. The fourth-order valence-electron chi connectivity index (χ4n) is 1.10. The van der Waals surface area contributed by atoms with E-state index in [1.807, 2.05) is 13.8 Å². The Morgan fingerprint density at radius 3 is 2.33 bits per heavy atom. The van der Waals surface area contributed by atoms with E-state index < -0.39 is 0 Å². The van der Waals surface area contributed by atoms with E-state index in [2.05, 4.69) is 0 Å². The van der Waals surface area contributed by atoms with Crippen molar-refractivity contribution >= 4 is 5.84 Å². The molecule has 0 aromatic rings. The molecule has 9 heavy (non-hydrogen) atoms. The third-order valence-electron chi connectivity index (χ3n) is 1.54.